The SMILES string of the molecule is CCCC1CCC(C2CCC3CC(c4ccc(OC)cc4F)CCC3C2)CC1. The van der Waals surface area contributed by atoms with E-state index in [4.69, 9.17) is 4.74 Å². The van der Waals surface area contributed by atoms with Crippen molar-refractivity contribution >= 4 is 0 Å². The van der Waals surface area contributed by atoms with E-state index in [1.54, 1.807) is 13.2 Å². The van der Waals surface area contributed by atoms with Crippen LogP contribution >= 0.6 is 0 Å². The van der Waals surface area contributed by atoms with Gasteiger partial charge in [-0.3, -0.25) is 0 Å². The maximum absolute atomic E-state index is 14.6. The number of methoxy groups -OCH3 is 1. The molecular formula is C26H39FO. The highest BCUT2D eigenvalue weighted by Gasteiger charge is 2.39. The van der Waals surface area contributed by atoms with E-state index in [-0.39, 0.29) is 5.82 Å². The van der Waals surface area contributed by atoms with E-state index < -0.39 is 0 Å². The highest BCUT2D eigenvalue weighted by molar-refractivity contribution is 5.31. The predicted molar refractivity (Wildman–Crippen MR) is 114 cm³/mol. The molecule has 4 rings (SSSR count). The Kier molecular flexibility index (Phi) is 6.63. The van der Waals surface area contributed by atoms with E-state index in [0.29, 0.717) is 11.7 Å². The normalized spacial score (nSPS) is 36.0. The monoisotopic (exact) mass is 386 g/mol. The van der Waals surface area contributed by atoms with E-state index in [0.717, 1.165) is 35.2 Å². The molecule has 0 aromatic heterocycles. The maximum Gasteiger partial charge on any atom is 0.130 e. The average Bonchev–Trinajstić information content (AvgIpc) is 2.73. The summed E-state index contributed by atoms with van der Waals surface area (Å²) >= 11 is 0. The standard InChI is InChI=1S/C26H39FO/c1-3-4-18-5-7-19(8-6-18)20-9-10-22-16-23(12-11-21(22)15-20)25-14-13-24(28-2)17-26(25)27/h13-14,17-23H,3-12,15-16H2,1-2H3. The van der Waals surface area contributed by atoms with E-state index >= 15 is 0 Å². The molecule has 156 valence electrons. The molecule has 0 heterocycles. The van der Waals surface area contributed by atoms with Gasteiger partial charge in [0.15, 0.2) is 0 Å². The van der Waals surface area contributed by atoms with Gasteiger partial charge in [-0.1, -0.05) is 38.7 Å². The number of ether oxygens (including phenoxy) is 1. The quantitative estimate of drug-likeness (QED) is 0.503. The van der Waals surface area contributed by atoms with Crippen molar-refractivity contribution in [2.45, 2.75) is 89.9 Å². The summed E-state index contributed by atoms with van der Waals surface area (Å²) in [6.07, 6.45) is 16.7. The van der Waals surface area contributed by atoms with Gasteiger partial charge in [-0.15, -0.1) is 0 Å². The Morgan fingerprint density at radius 1 is 0.857 bits per heavy atom. The van der Waals surface area contributed by atoms with Crippen LogP contribution in [0.2, 0.25) is 0 Å². The van der Waals surface area contributed by atoms with Crippen molar-refractivity contribution in [2.24, 2.45) is 29.6 Å². The molecule has 1 nitrogen and oxygen atoms in total. The van der Waals surface area contributed by atoms with Gasteiger partial charge in [0, 0.05) is 6.07 Å². The fraction of sp³-hybridized carbons (Fsp3) is 0.769. The summed E-state index contributed by atoms with van der Waals surface area (Å²) in [5.41, 5.74) is 0.926. The molecule has 2 heteroatoms. The molecule has 1 aromatic carbocycles. The minimum absolute atomic E-state index is 0.0691. The number of hydrogen-bond acceptors (Lipinski definition) is 1. The number of benzene rings is 1. The van der Waals surface area contributed by atoms with E-state index in [9.17, 15) is 4.39 Å². The third kappa shape index (κ3) is 4.41. The molecule has 0 N–H and O–H groups in total. The van der Waals surface area contributed by atoms with E-state index in [1.165, 1.54) is 77.0 Å². The molecule has 3 saturated carbocycles. The minimum atomic E-state index is -0.0691. The Bertz CT molecular complexity index is 633. The molecule has 0 amide bonds. The third-order valence-corrected chi connectivity index (χ3v) is 8.56. The van der Waals surface area contributed by atoms with Crippen LogP contribution in [-0.4, -0.2) is 7.11 Å². The van der Waals surface area contributed by atoms with Gasteiger partial charge in [0.25, 0.3) is 0 Å². The lowest BCUT2D eigenvalue weighted by Gasteiger charge is -2.45. The molecule has 4 unspecified atom stereocenters. The predicted octanol–water partition coefficient (Wildman–Crippen LogP) is 7.74. The average molecular weight is 387 g/mol. The smallest absolute Gasteiger partial charge is 0.130 e. The van der Waals surface area contributed by atoms with Gasteiger partial charge >= 0.3 is 0 Å². The van der Waals surface area contributed by atoms with Crippen LogP contribution in [0.1, 0.15) is 95.5 Å². The summed E-state index contributed by atoms with van der Waals surface area (Å²) in [7, 11) is 1.61. The Hall–Kier alpha value is -1.05. The van der Waals surface area contributed by atoms with Gasteiger partial charge in [0.05, 0.1) is 7.11 Å². The molecular weight excluding hydrogens is 347 g/mol. The third-order valence-electron chi connectivity index (χ3n) is 8.56. The van der Waals surface area contributed by atoms with Gasteiger partial charge < -0.3 is 4.74 Å². The fourth-order valence-corrected chi connectivity index (χ4v) is 6.96. The number of hydrogen-bond donors (Lipinski definition) is 0. The van der Waals surface area contributed by atoms with Crippen molar-refractivity contribution < 1.29 is 9.13 Å². The first-order valence-corrected chi connectivity index (χ1v) is 12.0. The lowest BCUT2D eigenvalue weighted by Crippen LogP contribution is -2.34. The highest BCUT2D eigenvalue weighted by atomic mass is 19.1. The molecule has 28 heavy (non-hydrogen) atoms. The largest absolute Gasteiger partial charge is 0.497 e. The van der Waals surface area contributed by atoms with Gasteiger partial charge in [-0.05, 0) is 98.5 Å². The van der Waals surface area contributed by atoms with Crippen LogP contribution in [0.4, 0.5) is 4.39 Å². The van der Waals surface area contributed by atoms with Crippen LogP contribution in [-0.2, 0) is 0 Å². The molecule has 0 bridgehead atoms. The van der Waals surface area contributed by atoms with Crippen molar-refractivity contribution in [2.75, 3.05) is 7.11 Å². The van der Waals surface area contributed by atoms with Crippen molar-refractivity contribution in [3.63, 3.8) is 0 Å². The molecule has 3 aliphatic carbocycles. The van der Waals surface area contributed by atoms with Crippen LogP contribution in [0.3, 0.4) is 0 Å². The molecule has 1 aromatic rings. The van der Waals surface area contributed by atoms with E-state index in [1.807, 2.05) is 12.1 Å². The molecule has 0 aliphatic heterocycles. The zero-order valence-electron chi connectivity index (χ0n) is 18.0. The number of halogens is 1. The summed E-state index contributed by atoms with van der Waals surface area (Å²) in [5, 5.41) is 0. The zero-order chi connectivity index (χ0) is 19.5. The second-order valence-electron chi connectivity index (χ2n) is 10.1. The van der Waals surface area contributed by atoms with Crippen molar-refractivity contribution in [3.8, 4) is 5.75 Å². The van der Waals surface area contributed by atoms with Crippen LogP contribution in [0.5, 0.6) is 5.75 Å². The number of rotatable bonds is 5. The molecule has 0 saturated heterocycles. The molecule has 0 spiro atoms. The summed E-state index contributed by atoms with van der Waals surface area (Å²) < 4.78 is 19.7. The van der Waals surface area contributed by atoms with Gasteiger partial charge in [-0.2, -0.15) is 0 Å². The summed E-state index contributed by atoms with van der Waals surface area (Å²) in [4.78, 5) is 0. The zero-order valence-corrected chi connectivity index (χ0v) is 18.0. The molecule has 4 atom stereocenters. The first kappa shape index (κ1) is 20.2. The summed E-state index contributed by atoms with van der Waals surface area (Å²) in [5.74, 6) is 5.71. The summed E-state index contributed by atoms with van der Waals surface area (Å²) in [6.45, 7) is 2.33. The minimum Gasteiger partial charge on any atom is -0.497 e. The van der Waals surface area contributed by atoms with Gasteiger partial charge in [0.2, 0.25) is 0 Å². The Labute approximate surface area is 171 Å². The first-order valence-electron chi connectivity index (χ1n) is 12.0. The fourth-order valence-electron chi connectivity index (χ4n) is 6.96. The van der Waals surface area contributed by atoms with Crippen LogP contribution in [0.25, 0.3) is 0 Å². The second-order valence-corrected chi connectivity index (χ2v) is 10.1. The van der Waals surface area contributed by atoms with Crippen LogP contribution in [0, 0.1) is 35.4 Å². The van der Waals surface area contributed by atoms with Gasteiger partial charge in [0.1, 0.15) is 11.6 Å². The molecule has 3 fully saturated rings. The van der Waals surface area contributed by atoms with E-state index in [2.05, 4.69) is 6.92 Å². The van der Waals surface area contributed by atoms with Crippen molar-refractivity contribution in [1.82, 2.24) is 0 Å². The van der Waals surface area contributed by atoms with Crippen molar-refractivity contribution in [1.29, 1.82) is 0 Å². The Balaban J connectivity index is 1.31. The Morgan fingerprint density at radius 3 is 2.18 bits per heavy atom. The summed E-state index contributed by atoms with van der Waals surface area (Å²) in [6, 6.07) is 5.46. The molecule has 0 radical (unpaired) electrons. The van der Waals surface area contributed by atoms with Crippen molar-refractivity contribution in [3.05, 3.63) is 29.6 Å². The lowest BCUT2D eigenvalue weighted by molar-refractivity contribution is 0.0708. The van der Waals surface area contributed by atoms with Gasteiger partial charge in [-0.25, -0.2) is 4.39 Å². The molecule has 3 aliphatic rings. The first-order chi connectivity index (χ1) is 13.7. The lowest BCUT2D eigenvalue weighted by atomic mass is 9.60. The highest BCUT2D eigenvalue weighted by Crippen LogP contribution is 2.51. The van der Waals surface area contributed by atoms with Crippen LogP contribution < -0.4 is 4.74 Å². The van der Waals surface area contributed by atoms with Crippen LogP contribution in [0.15, 0.2) is 18.2 Å². The number of fused-ring (bicyclic) bond motifs is 1. The maximum atomic E-state index is 14.6. The second kappa shape index (κ2) is 9.18. The Morgan fingerprint density at radius 2 is 1.50 bits per heavy atom. The topological polar surface area (TPSA) is 9.23 Å².